The average Bonchev–Trinajstić information content (AvgIpc) is 2.82. The minimum absolute atomic E-state index is 0.636. The molecule has 0 saturated heterocycles. The van der Waals surface area contributed by atoms with Crippen LogP contribution in [-0.4, -0.2) is 15.8 Å². The zero-order chi connectivity index (χ0) is 14.3. The van der Waals surface area contributed by atoms with E-state index in [4.69, 9.17) is 0 Å². The van der Waals surface area contributed by atoms with Gasteiger partial charge in [0, 0.05) is 10.0 Å². The van der Waals surface area contributed by atoms with E-state index in [1.807, 2.05) is 22.8 Å². The van der Waals surface area contributed by atoms with Gasteiger partial charge >= 0.3 is 0 Å². The Morgan fingerprint density at radius 3 is 2.65 bits per heavy atom. The van der Waals surface area contributed by atoms with E-state index >= 15 is 0 Å². The van der Waals surface area contributed by atoms with Gasteiger partial charge in [0.1, 0.15) is 6.33 Å². The summed E-state index contributed by atoms with van der Waals surface area (Å²) in [6.45, 7) is 4.15. The van der Waals surface area contributed by atoms with Crippen LogP contribution in [0.1, 0.15) is 21.5 Å². The van der Waals surface area contributed by atoms with Crippen molar-refractivity contribution in [3.63, 3.8) is 0 Å². The van der Waals surface area contributed by atoms with Gasteiger partial charge in [0.15, 0.2) is 6.29 Å². The first kappa shape index (κ1) is 13.1. The standard InChI is InChI=1S/C16H13BrN2O/c1-10-5-14-16(6-11(10)2)19(9-18-14)15-4-3-13(17)7-12(15)8-20/h3-9H,1-2H3. The molecule has 0 saturated carbocycles. The van der Waals surface area contributed by atoms with Crippen molar-refractivity contribution < 1.29 is 4.79 Å². The fraction of sp³-hybridized carbons (Fsp3) is 0.125. The largest absolute Gasteiger partial charge is 0.298 e. The van der Waals surface area contributed by atoms with Crippen molar-refractivity contribution in [3.05, 3.63) is 57.8 Å². The van der Waals surface area contributed by atoms with Crippen molar-refractivity contribution in [2.45, 2.75) is 13.8 Å². The van der Waals surface area contributed by atoms with Crippen LogP contribution in [0.4, 0.5) is 0 Å². The van der Waals surface area contributed by atoms with Crippen LogP contribution in [0.25, 0.3) is 16.7 Å². The van der Waals surface area contributed by atoms with Crippen molar-refractivity contribution in [2.75, 3.05) is 0 Å². The Bertz CT molecular complexity index is 821. The summed E-state index contributed by atoms with van der Waals surface area (Å²) in [5.74, 6) is 0. The van der Waals surface area contributed by atoms with Crippen LogP contribution in [0.5, 0.6) is 0 Å². The van der Waals surface area contributed by atoms with Crippen LogP contribution in [0, 0.1) is 13.8 Å². The summed E-state index contributed by atoms with van der Waals surface area (Å²) in [6, 6.07) is 9.84. The quantitative estimate of drug-likeness (QED) is 0.660. The zero-order valence-electron chi connectivity index (χ0n) is 11.2. The average molecular weight is 329 g/mol. The van der Waals surface area contributed by atoms with E-state index in [0.717, 1.165) is 27.5 Å². The van der Waals surface area contributed by atoms with Crippen molar-refractivity contribution in [3.8, 4) is 5.69 Å². The summed E-state index contributed by atoms with van der Waals surface area (Å²) in [6.07, 6.45) is 2.63. The highest BCUT2D eigenvalue weighted by atomic mass is 79.9. The Balaban J connectivity index is 2.30. The molecule has 1 heterocycles. The Morgan fingerprint density at radius 2 is 1.90 bits per heavy atom. The van der Waals surface area contributed by atoms with E-state index in [0.29, 0.717) is 5.56 Å². The topological polar surface area (TPSA) is 34.9 Å². The molecule has 0 aliphatic carbocycles. The number of aldehydes is 1. The van der Waals surface area contributed by atoms with E-state index in [2.05, 4.69) is 46.9 Å². The van der Waals surface area contributed by atoms with Crippen molar-refractivity contribution in [2.24, 2.45) is 0 Å². The van der Waals surface area contributed by atoms with Gasteiger partial charge in [-0.3, -0.25) is 9.36 Å². The van der Waals surface area contributed by atoms with Gasteiger partial charge in [0.25, 0.3) is 0 Å². The maximum atomic E-state index is 11.3. The second-order valence-corrected chi connectivity index (χ2v) is 5.78. The molecule has 0 amide bonds. The number of hydrogen-bond donors (Lipinski definition) is 0. The lowest BCUT2D eigenvalue weighted by Crippen LogP contribution is -1.98. The molecule has 0 spiro atoms. The summed E-state index contributed by atoms with van der Waals surface area (Å²) in [5.41, 5.74) is 5.86. The molecule has 20 heavy (non-hydrogen) atoms. The summed E-state index contributed by atoms with van der Waals surface area (Å²) in [7, 11) is 0. The fourth-order valence-electron chi connectivity index (χ4n) is 2.30. The van der Waals surface area contributed by atoms with Gasteiger partial charge in [0.05, 0.1) is 16.7 Å². The molecule has 100 valence electrons. The molecule has 0 bridgehead atoms. The predicted octanol–water partition coefficient (Wildman–Crippen LogP) is 4.22. The smallest absolute Gasteiger partial charge is 0.152 e. The summed E-state index contributed by atoms with van der Waals surface area (Å²) >= 11 is 3.39. The molecule has 0 aliphatic heterocycles. The molecule has 0 unspecified atom stereocenters. The monoisotopic (exact) mass is 328 g/mol. The molecule has 3 aromatic rings. The lowest BCUT2D eigenvalue weighted by Gasteiger charge is -2.09. The van der Waals surface area contributed by atoms with Gasteiger partial charge in [-0.2, -0.15) is 0 Å². The van der Waals surface area contributed by atoms with Crippen LogP contribution in [0.3, 0.4) is 0 Å². The van der Waals surface area contributed by atoms with Crippen LogP contribution < -0.4 is 0 Å². The van der Waals surface area contributed by atoms with Crippen LogP contribution in [0.15, 0.2) is 41.1 Å². The van der Waals surface area contributed by atoms with Gasteiger partial charge in [-0.25, -0.2) is 4.98 Å². The number of benzene rings is 2. The number of imidazole rings is 1. The van der Waals surface area contributed by atoms with Gasteiger partial charge in [-0.05, 0) is 55.3 Å². The number of aryl methyl sites for hydroxylation is 2. The third-order valence-electron chi connectivity index (χ3n) is 3.54. The Labute approximate surface area is 125 Å². The van der Waals surface area contributed by atoms with Gasteiger partial charge < -0.3 is 0 Å². The zero-order valence-corrected chi connectivity index (χ0v) is 12.8. The lowest BCUT2D eigenvalue weighted by atomic mass is 10.1. The second kappa shape index (κ2) is 4.87. The number of nitrogens with zero attached hydrogens (tertiary/aromatic N) is 2. The number of halogens is 1. The normalized spacial score (nSPS) is 10.9. The second-order valence-electron chi connectivity index (χ2n) is 4.86. The first-order chi connectivity index (χ1) is 9.60. The molecule has 0 N–H and O–H groups in total. The van der Waals surface area contributed by atoms with Gasteiger partial charge in [-0.15, -0.1) is 0 Å². The van der Waals surface area contributed by atoms with Crippen molar-refractivity contribution in [1.29, 1.82) is 0 Å². The highest BCUT2D eigenvalue weighted by Gasteiger charge is 2.10. The minimum atomic E-state index is 0.636. The Hall–Kier alpha value is -1.94. The Kier molecular flexibility index (Phi) is 3.18. The lowest BCUT2D eigenvalue weighted by molar-refractivity contribution is 0.112. The molecule has 0 radical (unpaired) electrons. The summed E-state index contributed by atoms with van der Waals surface area (Å²) in [5, 5.41) is 0. The number of aromatic nitrogens is 2. The third-order valence-corrected chi connectivity index (χ3v) is 4.03. The van der Waals surface area contributed by atoms with Crippen LogP contribution >= 0.6 is 15.9 Å². The summed E-state index contributed by atoms with van der Waals surface area (Å²) < 4.78 is 2.84. The molecule has 0 fully saturated rings. The molecular weight excluding hydrogens is 316 g/mol. The minimum Gasteiger partial charge on any atom is -0.298 e. The molecule has 3 rings (SSSR count). The highest BCUT2D eigenvalue weighted by molar-refractivity contribution is 9.10. The van der Waals surface area contributed by atoms with Gasteiger partial charge in [0.2, 0.25) is 0 Å². The number of hydrogen-bond acceptors (Lipinski definition) is 2. The van der Waals surface area contributed by atoms with Crippen LogP contribution in [0.2, 0.25) is 0 Å². The maximum absolute atomic E-state index is 11.3. The molecule has 0 atom stereocenters. The highest BCUT2D eigenvalue weighted by Crippen LogP contribution is 2.25. The molecule has 4 heteroatoms. The van der Waals surface area contributed by atoms with E-state index in [1.165, 1.54) is 11.1 Å². The number of carbonyl (C=O) groups is 1. The predicted molar refractivity (Wildman–Crippen MR) is 83.6 cm³/mol. The van der Waals surface area contributed by atoms with E-state index in [-0.39, 0.29) is 0 Å². The SMILES string of the molecule is Cc1cc2ncn(-c3ccc(Br)cc3C=O)c2cc1C. The fourth-order valence-corrected chi connectivity index (χ4v) is 2.67. The summed E-state index contributed by atoms with van der Waals surface area (Å²) in [4.78, 5) is 15.7. The number of rotatable bonds is 2. The third kappa shape index (κ3) is 2.06. The molecule has 0 aliphatic rings. The van der Waals surface area contributed by atoms with Gasteiger partial charge in [-0.1, -0.05) is 15.9 Å². The maximum Gasteiger partial charge on any atom is 0.152 e. The first-order valence-corrected chi connectivity index (χ1v) is 7.09. The molecular formula is C16H13BrN2O. The van der Waals surface area contributed by atoms with Crippen molar-refractivity contribution >= 4 is 33.2 Å². The van der Waals surface area contributed by atoms with Crippen LogP contribution in [-0.2, 0) is 0 Å². The van der Waals surface area contributed by atoms with E-state index in [1.54, 1.807) is 6.33 Å². The molecule has 1 aromatic heterocycles. The van der Waals surface area contributed by atoms with Crippen molar-refractivity contribution in [1.82, 2.24) is 9.55 Å². The first-order valence-electron chi connectivity index (χ1n) is 6.29. The van der Waals surface area contributed by atoms with E-state index < -0.39 is 0 Å². The molecule has 3 nitrogen and oxygen atoms in total. The van der Waals surface area contributed by atoms with E-state index in [9.17, 15) is 4.79 Å². The number of fused-ring (bicyclic) bond motifs is 1. The Morgan fingerprint density at radius 1 is 1.15 bits per heavy atom. The number of carbonyl (C=O) groups excluding carboxylic acids is 1. The molecule has 2 aromatic carbocycles.